The second-order valence-electron chi connectivity index (χ2n) is 7.51. The molecule has 0 bridgehead atoms. The Balaban J connectivity index is 1.34. The third-order valence-electron chi connectivity index (χ3n) is 5.39. The molecule has 1 atom stereocenters. The number of thiazole rings is 2. The van der Waals surface area contributed by atoms with Crippen LogP contribution in [0.3, 0.4) is 0 Å². The highest BCUT2D eigenvalue weighted by Crippen LogP contribution is 2.33. The topological polar surface area (TPSA) is 46.1 Å². The van der Waals surface area contributed by atoms with Gasteiger partial charge in [-0.05, 0) is 31.9 Å². The van der Waals surface area contributed by atoms with Crippen LogP contribution < -0.4 is 0 Å². The average molecular weight is 420 g/mol. The summed E-state index contributed by atoms with van der Waals surface area (Å²) in [5, 5.41) is 3.93. The highest BCUT2D eigenvalue weighted by Gasteiger charge is 2.28. The van der Waals surface area contributed by atoms with Crippen LogP contribution in [0.2, 0.25) is 0 Å². The molecule has 0 N–H and O–H groups in total. The van der Waals surface area contributed by atoms with Crippen LogP contribution in [-0.4, -0.2) is 33.9 Å². The standard InChI is InChI=1S/C23H21N3OS2/c1-15-8-10-16(11-9-15)21-25-19(14-28-21)23(27)26-12-4-5-17(13-26)22-24-18-6-2-3-7-20(18)29-22/h2-3,6-11,14,17H,4-5,12-13H2,1H3. The second-order valence-corrected chi connectivity index (χ2v) is 9.43. The lowest BCUT2D eigenvalue weighted by Gasteiger charge is -2.31. The number of hydrogen-bond acceptors (Lipinski definition) is 5. The molecule has 146 valence electrons. The zero-order valence-corrected chi connectivity index (χ0v) is 17.8. The van der Waals surface area contributed by atoms with Gasteiger partial charge in [-0.15, -0.1) is 22.7 Å². The summed E-state index contributed by atoms with van der Waals surface area (Å²) in [5.74, 6) is 0.339. The van der Waals surface area contributed by atoms with Gasteiger partial charge in [-0.25, -0.2) is 9.97 Å². The van der Waals surface area contributed by atoms with Gasteiger partial charge in [0.2, 0.25) is 0 Å². The number of rotatable bonds is 3. The van der Waals surface area contributed by atoms with Crippen molar-refractivity contribution in [2.24, 2.45) is 0 Å². The number of carbonyl (C=O) groups is 1. The van der Waals surface area contributed by atoms with Gasteiger partial charge in [0, 0.05) is 30.0 Å². The highest BCUT2D eigenvalue weighted by atomic mass is 32.1. The van der Waals surface area contributed by atoms with E-state index in [2.05, 4.69) is 54.4 Å². The number of piperidine rings is 1. The Bertz CT molecular complexity index is 1130. The van der Waals surface area contributed by atoms with Crippen molar-refractivity contribution in [1.29, 1.82) is 0 Å². The Morgan fingerprint density at radius 1 is 1.10 bits per heavy atom. The molecular weight excluding hydrogens is 398 g/mol. The van der Waals surface area contributed by atoms with Crippen LogP contribution in [-0.2, 0) is 0 Å². The van der Waals surface area contributed by atoms with Crippen molar-refractivity contribution < 1.29 is 4.79 Å². The lowest BCUT2D eigenvalue weighted by Crippen LogP contribution is -2.39. The fraction of sp³-hybridized carbons (Fsp3) is 0.261. The molecule has 6 heteroatoms. The zero-order valence-electron chi connectivity index (χ0n) is 16.2. The molecule has 2 aromatic heterocycles. The van der Waals surface area contributed by atoms with E-state index < -0.39 is 0 Å². The summed E-state index contributed by atoms with van der Waals surface area (Å²) < 4.78 is 1.22. The third-order valence-corrected chi connectivity index (χ3v) is 7.48. The van der Waals surface area contributed by atoms with Crippen LogP contribution in [0, 0.1) is 6.92 Å². The first-order valence-electron chi connectivity index (χ1n) is 9.85. The van der Waals surface area contributed by atoms with Gasteiger partial charge >= 0.3 is 0 Å². The lowest BCUT2D eigenvalue weighted by atomic mass is 9.98. The molecule has 0 spiro atoms. The first kappa shape index (κ1) is 18.5. The Kier molecular flexibility index (Phi) is 4.89. The Hall–Kier alpha value is -2.57. The van der Waals surface area contributed by atoms with Crippen molar-refractivity contribution in [1.82, 2.24) is 14.9 Å². The summed E-state index contributed by atoms with van der Waals surface area (Å²) in [7, 11) is 0. The minimum Gasteiger partial charge on any atom is -0.337 e. The van der Waals surface area contributed by atoms with E-state index >= 15 is 0 Å². The molecule has 1 fully saturated rings. The van der Waals surface area contributed by atoms with Crippen LogP contribution in [0.5, 0.6) is 0 Å². The first-order chi connectivity index (χ1) is 14.2. The zero-order chi connectivity index (χ0) is 19.8. The fourth-order valence-electron chi connectivity index (χ4n) is 3.79. The number of nitrogens with zero attached hydrogens (tertiary/aromatic N) is 3. The summed E-state index contributed by atoms with van der Waals surface area (Å²) in [6, 6.07) is 16.5. The minimum absolute atomic E-state index is 0.0328. The van der Waals surface area contributed by atoms with E-state index in [-0.39, 0.29) is 5.91 Å². The summed E-state index contributed by atoms with van der Waals surface area (Å²) in [6.07, 6.45) is 2.08. The van der Waals surface area contributed by atoms with Crippen LogP contribution >= 0.6 is 22.7 Å². The molecular formula is C23H21N3OS2. The Morgan fingerprint density at radius 2 is 1.93 bits per heavy atom. The van der Waals surface area contributed by atoms with Crippen LogP contribution in [0.25, 0.3) is 20.8 Å². The van der Waals surface area contributed by atoms with Gasteiger partial charge in [-0.2, -0.15) is 0 Å². The number of likely N-dealkylation sites (tertiary alicyclic amines) is 1. The molecule has 0 saturated carbocycles. The van der Waals surface area contributed by atoms with E-state index in [1.54, 1.807) is 11.3 Å². The summed E-state index contributed by atoms with van der Waals surface area (Å²) >= 11 is 3.29. The van der Waals surface area contributed by atoms with E-state index in [0.29, 0.717) is 11.6 Å². The Morgan fingerprint density at radius 3 is 2.76 bits per heavy atom. The summed E-state index contributed by atoms with van der Waals surface area (Å²) in [5.41, 5.74) is 3.88. The smallest absolute Gasteiger partial charge is 0.273 e. The maximum Gasteiger partial charge on any atom is 0.273 e. The van der Waals surface area contributed by atoms with Crippen molar-refractivity contribution in [3.8, 4) is 10.6 Å². The minimum atomic E-state index is 0.0328. The number of aryl methyl sites for hydroxylation is 1. The van der Waals surface area contributed by atoms with Crippen LogP contribution in [0.1, 0.15) is 39.8 Å². The predicted octanol–water partition coefficient (Wildman–Crippen LogP) is 5.75. The van der Waals surface area contributed by atoms with Gasteiger partial charge in [-0.3, -0.25) is 4.79 Å². The largest absolute Gasteiger partial charge is 0.337 e. The van der Waals surface area contributed by atoms with Crippen molar-refractivity contribution in [3.63, 3.8) is 0 Å². The normalized spacial score (nSPS) is 17.0. The molecule has 1 amide bonds. The summed E-state index contributed by atoms with van der Waals surface area (Å²) in [6.45, 7) is 3.58. The molecule has 4 nitrogen and oxygen atoms in total. The molecule has 29 heavy (non-hydrogen) atoms. The van der Waals surface area contributed by atoms with Gasteiger partial charge in [-0.1, -0.05) is 42.0 Å². The van der Waals surface area contributed by atoms with Crippen molar-refractivity contribution in [2.45, 2.75) is 25.7 Å². The third kappa shape index (κ3) is 3.70. The molecule has 0 aliphatic carbocycles. The van der Waals surface area contributed by atoms with Gasteiger partial charge in [0.25, 0.3) is 5.91 Å². The molecule has 1 saturated heterocycles. The quantitative estimate of drug-likeness (QED) is 0.425. The maximum atomic E-state index is 13.1. The van der Waals surface area contributed by atoms with Crippen LogP contribution in [0.15, 0.2) is 53.9 Å². The lowest BCUT2D eigenvalue weighted by molar-refractivity contribution is 0.0702. The summed E-state index contributed by atoms with van der Waals surface area (Å²) in [4.78, 5) is 24.5. The number of para-hydroxylation sites is 1. The van der Waals surface area contributed by atoms with Crippen molar-refractivity contribution in [3.05, 3.63) is 70.2 Å². The van der Waals surface area contributed by atoms with E-state index in [9.17, 15) is 4.79 Å². The Labute approximate surface area is 177 Å². The molecule has 3 heterocycles. The van der Waals surface area contributed by atoms with E-state index in [1.807, 2.05) is 16.3 Å². The molecule has 4 aromatic rings. The average Bonchev–Trinajstić information content (AvgIpc) is 3.41. The van der Waals surface area contributed by atoms with E-state index in [0.717, 1.165) is 47.0 Å². The number of aromatic nitrogens is 2. The number of hydrogen-bond donors (Lipinski definition) is 0. The van der Waals surface area contributed by atoms with E-state index in [4.69, 9.17) is 4.98 Å². The number of amides is 1. The van der Waals surface area contributed by atoms with Gasteiger partial charge in [0.05, 0.1) is 15.2 Å². The monoisotopic (exact) mass is 419 g/mol. The highest BCUT2D eigenvalue weighted by molar-refractivity contribution is 7.18. The molecule has 2 aromatic carbocycles. The first-order valence-corrected chi connectivity index (χ1v) is 11.5. The second kappa shape index (κ2) is 7.69. The van der Waals surface area contributed by atoms with Crippen LogP contribution in [0.4, 0.5) is 0 Å². The fourth-order valence-corrected chi connectivity index (χ4v) is 5.68. The maximum absolute atomic E-state index is 13.1. The van der Waals surface area contributed by atoms with Gasteiger partial charge in [0.1, 0.15) is 10.7 Å². The predicted molar refractivity (Wildman–Crippen MR) is 120 cm³/mol. The van der Waals surface area contributed by atoms with Crippen molar-refractivity contribution in [2.75, 3.05) is 13.1 Å². The number of fused-ring (bicyclic) bond motifs is 1. The SMILES string of the molecule is Cc1ccc(-c2nc(C(=O)N3CCCC(c4nc5ccccc5s4)C3)cs2)cc1. The number of carbonyl (C=O) groups excluding carboxylic acids is 1. The number of benzene rings is 2. The van der Waals surface area contributed by atoms with Gasteiger partial charge < -0.3 is 4.90 Å². The molecule has 1 unspecified atom stereocenters. The molecule has 1 aliphatic rings. The molecule has 0 radical (unpaired) electrons. The molecule has 1 aliphatic heterocycles. The van der Waals surface area contributed by atoms with E-state index in [1.165, 1.54) is 21.6 Å². The van der Waals surface area contributed by atoms with Gasteiger partial charge in [0.15, 0.2) is 0 Å². The molecule has 5 rings (SSSR count). The van der Waals surface area contributed by atoms with Crippen molar-refractivity contribution >= 4 is 38.8 Å².